The highest BCUT2D eigenvalue weighted by Crippen LogP contribution is 2.18. The molecule has 114 valence electrons. The van der Waals surface area contributed by atoms with Crippen molar-refractivity contribution in [2.75, 3.05) is 20.2 Å². The Hall–Kier alpha value is -0.900. The average molecular weight is 278 g/mol. The van der Waals surface area contributed by atoms with Gasteiger partial charge in [0.25, 0.3) is 0 Å². The predicted molar refractivity (Wildman–Crippen MR) is 85.9 cm³/mol. The van der Waals surface area contributed by atoms with E-state index in [2.05, 4.69) is 63.9 Å². The van der Waals surface area contributed by atoms with Crippen molar-refractivity contribution < 1.29 is 4.74 Å². The molecule has 0 saturated heterocycles. The van der Waals surface area contributed by atoms with Crippen LogP contribution in [0.5, 0.6) is 0 Å². The predicted octanol–water partition coefficient (Wildman–Crippen LogP) is 2.99. The summed E-state index contributed by atoms with van der Waals surface area (Å²) in [6.07, 6.45) is 1.35. The minimum absolute atomic E-state index is 0.0324. The van der Waals surface area contributed by atoms with Crippen LogP contribution in [0.4, 0.5) is 0 Å². The molecule has 0 saturated carbocycles. The molecule has 0 aliphatic heterocycles. The summed E-state index contributed by atoms with van der Waals surface area (Å²) >= 11 is 0. The van der Waals surface area contributed by atoms with E-state index in [9.17, 15) is 0 Å². The molecule has 2 unspecified atom stereocenters. The van der Waals surface area contributed by atoms with Gasteiger partial charge in [0, 0.05) is 18.6 Å². The van der Waals surface area contributed by atoms with Crippen LogP contribution in [0.15, 0.2) is 24.3 Å². The Kier molecular flexibility index (Phi) is 7.20. The lowest BCUT2D eigenvalue weighted by atomic mass is 9.99. The summed E-state index contributed by atoms with van der Waals surface area (Å²) < 4.78 is 5.60. The molecule has 0 spiro atoms. The SMILES string of the molecule is CCc1ccc(C(N)C(C)N(C)CCOC(C)C)cc1. The third-order valence-corrected chi connectivity index (χ3v) is 3.88. The summed E-state index contributed by atoms with van der Waals surface area (Å²) in [7, 11) is 2.11. The van der Waals surface area contributed by atoms with Gasteiger partial charge in [-0.05, 0) is 45.4 Å². The lowest BCUT2D eigenvalue weighted by molar-refractivity contribution is 0.0549. The van der Waals surface area contributed by atoms with Gasteiger partial charge in [0.1, 0.15) is 0 Å². The van der Waals surface area contributed by atoms with Crippen molar-refractivity contribution in [3.63, 3.8) is 0 Å². The van der Waals surface area contributed by atoms with E-state index < -0.39 is 0 Å². The first-order chi connectivity index (χ1) is 9.45. The van der Waals surface area contributed by atoms with E-state index in [1.165, 1.54) is 11.1 Å². The Labute approximate surface area is 124 Å². The van der Waals surface area contributed by atoms with Crippen molar-refractivity contribution in [1.82, 2.24) is 4.90 Å². The highest BCUT2D eigenvalue weighted by atomic mass is 16.5. The molecule has 0 bridgehead atoms. The van der Waals surface area contributed by atoms with Gasteiger partial charge in [-0.25, -0.2) is 0 Å². The molecule has 2 atom stereocenters. The highest BCUT2D eigenvalue weighted by molar-refractivity contribution is 5.25. The molecule has 0 heterocycles. The molecule has 3 heteroatoms. The van der Waals surface area contributed by atoms with Crippen molar-refractivity contribution in [2.24, 2.45) is 5.73 Å². The first kappa shape index (κ1) is 17.2. The summed E-state index contributed by atoms with van der Waals surface area (Å²) in [6.45, 7) is 10.1. The van der Waals surface area contributed by atoms with Crippen LogP contribution in [0, 0.1) is 0 Å². The number of aryl methyl sites for hydroxylation is 1. The van der Waals surface area contributed by atoms with E-state index in [1.807, 2.05) is 0 Å². The number of hydrogen-bond acceptors (Lipinski definition) is 3. The quantitative estimate of drug-likeness (QED) is 0.794. The standard InChI is InChI=1S/C17H30N2O/c1-6-15-7-9-16(10-8-15)17(18)14(4)19(5)11-12-20-13(2)3/h7-10,13-14,17H,6,11-12,18H2,1-5H3. The van der Waals surface area contributed by atoms with E-state index in [0.717, 1.165) is 19.6 Å². The number of ether oxygens (including phenoxy) is 1. The van der Waals surface area contributed by atoms with Gasteiger partial charge in [0.15, 0.2) is 0 Å². The first-order valence-corrected chi connectivity index (χ1v) is 7.62. The third-order valence-electron chi connectivity index (χ3n) is 3.88. The topological polar surface area (TPSA) is 38.5 Å². The Morgan fingerprint density at radius 2 is 1.75 bits per heavy atom. The van der Waals surface area contributed by atoms with Gasteiger partial charge in [0.05, 0.1) is 12.7 Å². The molecule has 0 aromatic heterocycles. The van der Waals surface area contributed by atoms with Crippen LogP contribution < -0.4 is 5.73 Å². The highest BCUT2D eigenvalue weighted by Gasteiger charge is 2.18. The van der Waals surface area contributed by atoms with E-state index in [-0.39, 0.29) is 12.1 Å². The zero-order valence-electron chi connectivity index (χ0n) is 13.6. The second-order valence-electron chi connectivity index (χ2n) is 5.76. The molecule has 1 rings (SSSR count). The Bertz CT molecular complexity index is 375. The minimum Gasteiger partial charge on any atom is -0.377 e. The maximum Gasteiger partial charge on any atom is 0.0596 e. The normalized spacial score (nSPS) is 14.8. The lowest BCUT2D eigenvalue weighted by Crippen LogP contribution is -2.40. The number of hydrogen-bond donors (Lipinski definition) is 1. The zero-order chi connectivity index (χ0) is 15.1. The second-order valence-corrected chi connectivity index (χ2v) is 5.76. The van der Waals surface area contributed by atoms with Crippen molar-refractivity contribution in [3.8, 4) is 0 Å². The summed E-state index contributed by atoms with van der Waals surface area (Å²) in [6, 6.07) is 8.97. The van der Waals surface area contributed by atoms with Gasteiger partial charge in [-0.3, -0.25) is 4.90 Å². The van der Waals surface area contributed by atoms with Crippen LogP contribution in [-0.2, 0) is 11.2 Å². The van der Waals surface area contributed by atoms with Crippen LogP contribution in [0.25, 0.3) is 0 Å². The molecule has 2 N–H and O–H groups in total. The number of benzene rings is 1. The molecule has 3 nitrogen and oxygen atoms in total. The molecule has 1 aromatic rings. The number of rotatable bonds is 8. The molecular weight excluding hydrogens is 248 g/mol. The zero-order valence-corrected chi connectivity index (χ0v) is 13.6. The van der Waals surface area contributed by atoms with Gasteiger partial charge in [-0.2, -0.15) is 0 Å². The van der Waals surface area contributed by atoms with Gasteiger partial charge < -0.3 is 10.5 Å². The van der Waals surface area contributed by atoms with Crippen LogP contribution in [0.1, 0.15) is 44.9 Å². The summed E-state index contributed by atoms with van der Waals surface area (Å²) in [5, 5.41) is 0. The van der Waals surface area contributed by atoms with Gasteiger partial charge >= 0.3 is 0 Å². The van der Waals surface area contributed by atoms with Crippen molar-refractivity contribution >= 4 is 0 Å². The fourth-order valence-corrected chi connectivity index (χ4v) is 2.16. The van der Waals surface area contributed by atoms with E-state index >= 15 is 0 Å². The van der Waals surface area contributed by atoms with Gasteiger partial charge in [-0.1, -0.05) is 31.2 Å². The average Bonchev–Trinajstić information content (AvgIpc) is 2.45. The van der Waals surface area contributed by atoms with Crippen molar-refractivity contribution in [1.29, 1.82) is 0 Å². The van der Waals surface area contributed by atoms with E-state index in [0.29, 0.717) is 6.04 Å². The Balaban J connectivity index is 2.53. The maximum absolute atomic E-state index is 6.38. The fourth-order valence-electron chi connectivity index (χ4n) is 2.16. The Morgan fingerprint density at radius 3 is 2.25 bits per heavy atom. The Morgan fingerprint density at radius 1 is 1.15 bits per heavy atom. The monoisotopic (exact) mass is 278 g/mol. The smallest absolute Gasteiger partial charge is 0.0596 e. The van der Waals surface area contributed by atoms with Gasteiger partial charge in [0.2, 0.25) is 0 Å². The summed E-state index contributed by atoms with van der Waals surface area (Å²) in [5.41, 5.74) is 8.93. The van der Waals surface area contributed by atoms with E-state index in [1.54, 1.807) is 0 Å². The molecule has 1 aromatic carbocycles. The van der Waals surface area contributed by atoms with Crippen LogP contribution in [0.2, 0.25) is 0 Å². The molecule has 20 heavy (non-hydrogen) atoms. The van der Waals surface area contributed by atoms with E-state index in [4.69, 9.17) is 10.5 Å². The van der Waals surface area contributed by atoms with Crippen LogP contribution in [0.3, 0.4) is 0 Å². The molecule has 0 amide bonds. The van der Waals surface area contributed by atoms with Crippen LogP contribution in [-0.4, -0.2) is 37.2 Å². The molecule has 0 aliphatic rings. The minimum atomic E-state index is 0.0324. The number of nitrogens with two attached hydrogens (primary N) is 1. The summed E-state index contributed by atoms with van der Waals surface area (Å²) in [5.74, 6) is 0. The number of likely N-dealkylation sites (N-methyl/N-ethyl adjacent to an activating group) is 1. The maximum atomic E-state index is 6.38. The van der Waals surface area contributed by atoms with Crippen LogP contribution >= 0.6 is 0 Å². The second kappa shape index (κ2) is 8.40. The molecule has 0 radical (unpaired) electrons. The summed E-state index contributed by atoms with van der Waals surface area (Å²) in [4.78, 5) is 2.26. The molecule has 0 fully saturated rings. The van der Waals surface area contributed by atoms with Crippen molar-refractivity contribution in [2.45, 2.75) is 52.3 Å². The third kappa shape index (κ3) is 5.23. The van der Waals surface area contributed by atoms with Crippen molar-refractivity contribution in [3.05, 3.63) is 35.4 Å². The molecule has 0 aliphatic carbocycles. The lowest BCUT2D eigenvalue weighted by Gasteiger charge is -2.30. The fraction of sp³-hybridized carbons (Fsp3) is 0.647. The van der Waals surface area contributed by atoms with Gasteiger partial charge in [-0.15, -0.1) is 0 Å². The first-order valence-electron chi connectivity index (χ1n) is 7.62. The largest absolute Gasteiger partial charge is 0.377 e. The molecular formula is C17H30N2O. The number of nitrogens with zero attached hydrogens (tertiary/aromatic N) is 1.